The third-order valence-electron chi connectivity index (χ3n) is 4.51. The minimum atomic E-state index is -3.30. The Morgan fingerprint density at radius 1 is 1.17 bits per heavy atom. The number of thiazole rings is 1. The Labute approximate surface area is 174 Å². The highest BCUT2D eigenvalue weighted by Crippen LogP contribution is 2.29. The SMILES string of the molecule is C=C(C)c1cccc(C(C)(C)NC(=O)Nc2nc3ccc(S(C)(=O)=O)cc3s2)c1. The van der Waals surface area contributed by atoms with E-state index in [-0.39, 0.29) is 4.90 Å². The van der Waals surface area contributed by atoms with E-state index in [4.69, 9.17) is 0 Å². The van der Waals surface area contributed by atoms with Crippen LogP contribution in [0.1, 0.15) is 31.9 Å². The number of allylic oxidation sites excluding steroid dienone is 1. The molecule has 2 amide bonds. The van der Waals surface area contributed by atoms with Gasteiger partial charge >= 0.3 is 6.03 Å². The molecular formula is C21H23N3O3S2. The molecule has 2 aromatic carbocycles. The van der Waals surface area contributed by atoms with E-state index in [9.17, 15) is 13.2 Å². The Morgan fingerprint density at radius 3 is 2.55 bits per heavy atom. The molecule has 0 aliphatic heterocycles. The zero-order valence-electron chi connectivity index (χ0n) is 16.7. The number of nitrogens with zero attached hydrogens (tertiary/aromatic N) is 1. The van der Waals surface area contributed by atoms with E-state index in [0.29, 0.717) is 15.3 Å². The molecule has 8 heteroatoms. The van der Waals surface area contributed by atoms with Gasteiger partial charge in [0.25, 0.3) is 0 Å². The van der Waals surface area contributed by atoms with Crippen molar-refractivity contribution in [1.29, 1.82) is 0 Å². The van der Waals surface area contributed by atoms with Crippen LogP contribution in [0.4, 0.5) is 9.93 Å². The van der Waals surface area contributed by atoms with Gasteiger partial charge in [0.1, 0.15) is 0 Å². The first-order valence-electron chi connectivity index (χ1n) is 8.92. The number of nitrogens with one attached hydrogen (secondary N) is 2. The topological polar surface area (TPSA) is 88.2 Å². The van der Waals surface area contributed by atoms with E-state index in [1.807, 2.05) is 45.0 Å². The number of carbonyl (C=O) groups is 1. The summed E-state index contributed by atoms with van der Waals surface area (Å²) in [6.07, 6.45) is 1.16. The molecule has 1 aromatic heterocycles. The molecule has 0 aliphatic rings. The summed E-state index contributed by atoms with van der Waals surface area (Å²) in [5.41, 5.74) is 2.94. The maximum atomic E-state index is 12.6. The molecule has 0 radical (unpaired) electrons. The highest BCUT2D eigenvalue weighted by molar-refractivity contribution is 7.90. The zero-order valence-corrected chi connectivity index (χ0v) is 18.4. The van der Waals surface area contributed by atoms with Crippen LogP contribution >= 0.6 is 11.3 Å². The molecule has 0 fully saturated rings. The lowest BCUT2D eigenvalue weighted by Crippen LogP contribution is -2.43. The molecule has 3 rings (SSSR count). The standard InChI is InChI=1S/C21H23N3O3S2/c1-13(2)14-7-6-8-15(11-14)21(3,4)24-19(25)23-20-22-17-10-9-16(29(5,26)27)12-18(17)28-20/h6-12H,1H2,2-5H3,(H2,22,23,24,25). The summed E-state index contributed by atoms with van der Waals surface area (Å²) in [7, 11) is -3.30. The second kappa shape index (κ2) is 7.61. The summed E-state index contributed by atoms with van der Waals surface area (Å²) in [5.74, 6) is 0. The first-order valence-corrected chi connectivity index (χ1v) is 11.6. The van der Waals surface area contributed by atoms with E-state index in [1.54, 1.807) is 12.1 Å². The number of rotatable bonds is 5. The van der Waals surface area contributed by atoms with Gasteiger partial charge in [-0.3, -0.25) is 5.32 Å². The average molecular weight is 430 g/mol. The fourth-order valence-electron chi connectivity index (χ4n) is 2.85. The van der Waals surface area contributed by atoms with Gasteiger partial charge < -0.3 is 5.32 Å². The molecule has 0 saturated carbocycles. The van der Waals surface area contributed by atoms with Gasteiger partial charge in [-0.2, -0.15) is 0 Å². The number of urea groups is 1. The summed E-state index contributed by atoms with van der Waals surface area (Å²) in [6.45, 7) is 9.74. The van der Waals surface area contributed by atoms with E-state index >= 15 is 0 Å². The van der Waals surface area contributed by atoms with Crippen LogP contribution in [-0.2, 0) is 15.4 Å². The van der Waals surface area contributed by atoms with Gasteiger partial charge in [-0.25, -0.2) is 18.2 Å². The summed E-state index contributed by atoms with van der Waals surface area (Å²) in [5, 5.41) is 6.10. The quantitative estimate of drug-likeness (QED) is 0.610. The Kier molecular flexibility index (Phi) is 5.51. The van der Waals surface area contributed by atoms with Gasteiger partial charge in [-0.1, -0.05) is 41.7 Å². The number of aromatic nitrogens is 1. The first kappa shape index (κ1) is 21.0. The van der Waals surface area contributed by atoms with Gasteiger partial charge in [-0.05, 0) is 56.2 Å². The summed E-state index contributed by atoms with van der Waals surface area (Å²) >= 11 is 1.22. The van der Waals surface area contributed by atoms with Crippen LogP contribution in [-0.4, -0.2) is 25.7 Å². The molecular weight excluding hydrogens is 406 g/mol. The summed E-state index contributed by atoms with van der Waals surface area (Å²) in [4.78, 5) is 17.1. The van der Waals surface area contributed by atoms with Crippen LogP contribution in [0, 0.1) is 0 Å². The number of hydrogen-bond donors (Lipinski definition) is 2. The van der Waals surface area contributed by atoms with Crippen molar-refractivity contribution < 1.29 is 13.2 Å². The lowest BCUT2D eigenvalue weighted by atomic mass is 9.92. The number of sulfone groups is 1. The molecule has 152 valence electrons. The molecule has 2 N–H and O–H groups in total. The van der Waals surface area contributed by atoms with Crippen LogP contribution in [0.2, 0.25) is 0 Å². The molecule has 0 atom stereocenters. The fourth-order valence-corrected chi connectivity index (χ4v) is 4.47. The summed E-state index contributed by atoms with van der Waals surface area (Å²) < 4.78 is 24.1. The number of fused-ring (bicyclic) bond motifs is 1. The fraction of sp³-hybridized carbons (Fsp3) is 0.238. The Morgan fingerprint density at radius 2 is 1.90 bits per heavy atom. The van der Waals surface area contributed by atoms with Crippen LogP contribution in [0.3, 0.4) is 0 Å². The van der Waals surface area contributed by atoms with Crippen LogP contribution < -0.4 is 10.6 Å². The second-order valence-electron chi connectivity index (χ2n) is 7.49. The number of hydrogen-bond acceptors (Lipinski definition) is 5. The maximum Gasteiger partial charge on any atom is 0.321 e. The number of amides is 2. The lowest BCUT2D eigenvalue weighted by molar-refractivity contribution is 0.242. The van der Waals surface area contributed by atoms with Crippen molar-refractivity contribution in [1.82, 2.24) is 10.3 Å². The molecule has 0 saturated heterocycles. The van der Waals surface area contributed by atoms with Crippen molar-refractivity contribution in [3.05, 3.63) is 60.2 Å². The third kappa shape index (κ3) is 4.83. The van der Waals surface area contributed by atoms with Gasteiger partial charge in [0.15, 0.2) is 15.0 Å². The van der Waals surface area contributed by atoms with Crippen molar-refractivity contribution in [2.45, 2.75) is 31.2 Å². The number of benzene rings is 2. The number of anilines is 1. The van der Waals surface area contributed by atoms with Crippen LogP contribution in [0.5, 0.6) is 0 Å². The van der Waals surface area contributed by atoms with Crippen molar-refractivity contribution >= 4 is 48.1 Å². The molecule has 0 aliphatic carbocycles. The van der Waals surface area contributed by atoms with Crippen molar-refractivity contribution in [2.75, 3.05) is 11.6 Å². The zero-order chi connectivity index (χ0) is 21.4. The predicted octanol–water partition coefficient (Wildman–Crippen LogP) is 4.79. The molecule has 6 nitrogen and oxygen atoms in total. The Bertz CT molecular complexity index is 1210. The molecule has 3 aromatic rings. The predicted molar refractivity (Wildman–Crippen MR) is 119 cm³/mol. The van der Waals surface area contributed by atoms with Crippen molar-refractivity contribution in [2.24, 2.45) is 0 Å². The van der Waals surface area contributed by atoms with E-state index in [2.05, 4.69) is 22.2 Å². The maximum absolute atomic E-state index is 12.6. The first-order chi connectivity index (χ1) is 13.5. The minimum Gasteiger partial charge on any atom is -0.329 e. The lowest BCUT2D eigenvalue weighted by Gasteiger charge is -2.27. The summed E-state index contributed by atoms with van der Waals surface area (Å²) in [6, 6.07) is 12.2. The second-order valence-corrected chi connectivity index (χ2v) is 10.5. The van der Waals surface area contributed by atoms with Crippen molar-refractivity contribution in [3.8, 4) is 0 Å². The molecule has 29 heavy (non-hydrogen) atoms. The van der Waals surface area contributed by atoms with Gasteiger partial charge in [-0.15, -0.1) is 0 Å². The minimum absolute atomic E-state index is 0.225. The normalized spacial score (nSPS) is 12.0. The van der Waals surface area contributed by atoms with E-state index < -0.39 is 21.4 Å². The highest BCUT2D eigenvalue weighted by atomic mass is 32.2. The monoisotopic (exact) mass is 429 g/mol. The largest absolute Gasteiger partial charge is 0.329 e. The van der Waals surface area contributed by atoms with Gasteiger partial charge in [0.2, 0.25) is 0 Å². The smallest absolute Gasteiger partial charge is 0.321 e. The van der Waals surface area contributed by atoms with E-state index in [1.165, 1.54) is 17.4 Å². The molecule has 0 bridgehead atoms. The Balaban J connectivity index is 1.78. The molecule has 0 spiro atoms. The average Bonchev–Trinajstić information content (AvgIpc) is 3.01. The third-order valence-corrected chi connectivity index (χ3v) is 6.56. The van der Waals surface area contributed by atoms with Gasteiger partial charge in [0, 0.05) is 6.26 Å². The number of carbonyl (C=O) groups excluding carboxylic acids is 1. The van der Waals surface area contributed by atoms with Crippen molar-refractivity contribution in [3.63, 3.8) is 0 Å². The molecule has 1 heterocycles. The van der Waals surface area contributed by atoms with Crippen LogP contribution in [0.25, 0.3) is 15.8 Å². The van der Waals surface area contributed by atoms with Gasteiger partial charge in [0.05, 0.1) is 20.7 Å². The Hall–Kier alpha value is -2.71. The van der Waals surface area contributed by atoms with E-state index in [0.717, 1.165) is 23.0 Å². The van der Waals surface area contributed by atoms with Crippen LogP contribution in [0.15, 0.2) is 53.9 Å². The molecule has 0 unspecified atom stereocenters. The highest BCUT2D eigenvalue weighted by Gasteiger charge is 2.24.